The fourth-order valence-electron chi connectivity index (χ4n) is 1.16. The standard InChI is InChI=1S/C6H15N.C4H5F5O3S/c1-4-7(5-2)6-3;5-3(6,7)1-2-4(8,9)13(10,11)12/h4-6H2,1-3H3;1-2H2,(H,10,11,12). The van der Waals surface area contributed by atoms with Gasteiger partial charge in [-0.1, -0.05) is 0 Å². The summed E-state index contributed by atoms with van der Waals surface area (Å²) in [6, 6.07) is 0. The summed E-state index contributed by atoms with van der Waals surface area (Å²) in [5.74, 6) is 0. The van der Waals surface area contributed by atoms with Crippen molar-refractivity contribution in [2.45, 2.75) is 45.0 Å². The Morgan fingerprint density at radius 2 is 1.25 bits per heavy atom. The maximum absolute atomic E-state index is 12.1. The number of quaternary nitrogens is 1. The van der Waals surface area contributed by atoms with Crippen LogP contribution in [0.25, 0.3) is 0 Å². The molecule has 1 N–H and O–H groups in total. The van der Waals surface area contributed by atoms with Crippen molar-refractivity contribution >= 4 is 10.1 Å². The normalized spacial score (nSPS) is 13.1. The second-order valence-electron chi connectivity index (χ2n) is 4.02. The van der Waals surface area contributed by atoms with Gasteiger partial charge in [-0.05, 0) is 20.8 Å². The van der Waals surface area contributed by atoms with Crippen LogP contribution in [0.2, 0.25) is 0 Å². The van der Waals surface area contributed by atoms with Crippen LogP contribution in [0.1, 0.15) is 33.6 Å². The molecule has 0 radical (unpaired) electrons. The third-order valence-electron chi connectivity index (χ3n) is 2.57. The Morgan fingerprint density at radius 3 is 1.40 bits per heavy atom. The van der Waals surface area contributed by atoms with Gasteiger partial charge in [-0.2, -0.15) is 22.0 Å². The maximum atomic E-state index is 12.1. The summed E-state index contributed by atoms with van der Waals surface area (Å²) in [4.78, 5) is 1.68. The molecule has 0 rings (SSSR count). The van der Waals surface area contributed by atoms with E-state index in [1.54, 1.807) is 4.90 Å². The Morgan fingerprint density at radius 1 is 0.900 bits per heavy atom. The summed E-state index contributed by atoms with van der Waals surface area (Å²) in [5.41, 5.74) is 0. The van der Waals surface area contributed by atoms with Gasteiger partial charge in [0.05, 0.1) is 26.1 Å². The fraction of sp³-hybridized carbons (Fsp3) is 1.00. The van der Waals surface area contributed by atoms with Crippen molar-refractivity contribution in [2.75, 3.05) is 19.6 Å². The highest BCUT2D eigenvalue weighted by Gasteiger charge is 2.41. The second-order valence-corrected chi connectivity index (χ2v) is 5.52. The number of nitrogens with one attached hydrogen (secondary N) is 1. The molecule has 0 bridgehead atoms. The summed E-state index contributed by atoms with van der Waals surface area (Å²) in [6.45, 7) is 10.5. The van der Waals surface area contributed by atoms with Crippen LogP contribution >= 0.6 is 0 Å². The lowest BCUT2D eigenvalue weighted by atomic mass is 10.3. The van der Waals surface area contributed by atoms with Crippen LogP contribution < -0.4 is 4.90 Å². The van der Waals surface area contributed by atoms with Crippen LogP contribution in [-0.2, 0) is 10.1 Å². The lowest BCUT2D eigenvalue weighted by Crippen LogP contribution is -3.11. The second kappa shape index (κ2) is 8.73. The molecule has 0 fully saturated rings. The highest BCUT2D eigenvalue weighted by atomic mass is 32.2. The van der Waals surface area contributed by atoms with E-state index >= 15 is 0 Å². The molecule has 0 heterocycles. The Kier molecular flexibility index (Phi) is 9.52. The number of rotatable bonds is 6. The number of alkyl halides is 5. The van der Waals surface area contributed by atoms with Gasteiger partial charge in [0.15, 0.2) is 10.1 Å². The molecule has 0 aromatic rings. The van der Waals surface area contributed by atoms with Gasteiger partial charge in [0.1, 0.15) is 0 Å². The SMILES string of the molecule is CC[NH+](CC)CC.O=S(=O)([O-])C(F)(F)CCC(F)(F)F. The molecule has 0 unspecified atom stereocenters. The maximum Gasteiger partial charge on any atom is 0.389 e. The Balaban J connectivity index is 0. The van der Waals surface area contributed by atoms with Crippen molar-refractivity contribution in [3.8, 4) is 0 Å². The summed E-state index contributed by atoms with van der Waals surface area (Å²) < 4.78 is 87.2. The number of hydrogen-bond acceptors (Lipinski definition) is 3. The first-order valence-corrected chi connectivity index (χ1v) is 7.45. The van der Waals surface area contributed by atoms with Crippen LogP contribution in [-0.4, -0.2) is 44.0 Å². The van der Waals surface area contributed by atoms with Gasteiger partial charge < -0.3 is 9.45 Å². The molecular weight excluding hydrogens is 309 g/mol. The van der Waals surface area contributed by atoms with Crippen molar-refractivity contribution < 1.29 is 39.8 Å². The largest absolute Gasteiger partial charge is 0.743 e. The van der Waals surface area contributed by atoms with E-state index in [0.29, 0.717) is 0 Å². The van der Waals surface area contributed by atoms with Gasteiger partial charge in [0, 0.05) is 6.42 Å². The molecule has 0 aliphatic heterocycles. The van der Waals surface area contributed by atoms with Crippen molar-refractivity contribution in [1.82, 2.24) is 0 Å². The molecule has 20 heavy (non-hydrogen) atoms. The summed E-state index contributed by atoms with van der Waals surface area (Å²) in [5, 5.41) is -4.86. The minimum Gasteiger partial charge on any atom is -0.743 e. The van der Waals surface area contributed by atoms with E-state index < -0.39 is 34.4 Å². The first-order valence-electron chi connectivity index (χ1n) is 6.04. The zero-order valence-corrected chi connectivity index (χ0v) is 12.4. The predicted molar refractivity (Wildman–Crippen MR) is 62.5 cm³/mol. The Bertz CT molecular complexity index is 347. The zero-order chi connectivity index (χ0) is 16.6. The van der Waals surface area contributed by atoms with Crippen LogP contribution in [0.3, 0.4) is 0 Å². The molecule has 0 saturated carbocycles. The highest BCUT2D eigenvalue weighted by molar-refractivity contribution is 7.86. The van der Waals surface area contributed by atoms with Gasteiger partial charge in [0.25, 0.3) is 0 Å². The molecular formula is C10H20F5NO3S. The van der Waals surface area contributed by atoms with E-state index in [4.69, 9.17) is 0 Å². The molecule has 0 aliphatic carbocycles. The van der Waals surface area contributed by atoms with E-state index in [1.165, 1.54) is 19.6 Å². The van der Waals surface area contributed by atoms with Crippen molar-refractivity contribution in [3.05, 3.63) is 0 Å². The van der Waals surface area contributed by atoms with Crippen molar-refractivity contribution in [3.63, 3.8) is 0 Å². The zero-order valence-electron chi connectivity index (χ0n) is 11.6. The van der Waals surface area contributed by atoms with Crippen LogP contribution in [0.5, 0.6) is 0 Å². The molecule has 4 nitrogen and oxygen atoms in total. The summed E-state index contributed by atoms with van der Waals surface area (Å²) >= 11 is 0. The minimum absolute atomic E-state index is 1.27. The quantitative estimate of drug-likeness (QED) is 0.592. The van der Waals surface area contributed by atoms with Crippen molar-refractivity contribution in [1.29, 1.82) is 0 Å². The van der Waals surface area contributed by atoms with Gasteiger partial charge >= 0.3 is 11.4 Å². The van der Waals surface area contributed by atoms with Crippen LogP contribution in [0, 0.1) is 0 Å². The fourth-order valence-corrected chi connectivity index (χ4v) is 1.51. The van der Waals surface area contributed by atoms with E-state index in [-0.39, 0.29) is 0 Å². The molecule has 0 atom stereocenters. The minimum atomic E-state index is -6.01. The first-order chi connectivity index (χ1) is 8.80. The summed E-state index contributed by atoms with van der Waals surface area (Å²) in [7, 11) is -6.01. The van der Waals surface area contributed by atoms with Gasteiger partial charge in [-0.25, -0.2) is 8.42 Å². The van der Waals surface area contributed by atoms with Crippen molar-refractivity contribution in [2.24, 2.45) is 0 Å². The Labute approximate surface area is 115 Å². The lowest BCUT2D eigenvalue weighted by Gasteiger charge is -2.20. The summed E-state index contributed by atoms with van der Waals surface area (Å²) in [6.07, 6.45) is -8.96. The average Bonchev–Trinajstić information content (AvgIpc) is 2.27. The number of hydrogen-bond donors (Lipinski definition) is 1. The molecule has 0 aliphatic rings. The van der Waals surface area contributed by atoms with Gasteiger partial charge in [0.2, 0.25) is 0 Å². The molecule has 124 valence electrons. The molecule has 0 amide bonds. The first kappa shape index (κ1) is 21.8. The van der Waals surface area contributed by atoms with Crippen LogP contribution in [0.15, 0.2) is 0 Å². The van der Waals surface area contributed by atoms with E-state index in [0.717, 1.165) is 0 Å². The average molecular weight is 329 g/mol. The highest BCUT2D eigenvalue weighted by Crippen LogP contribution is 2.31. The lowest BCUT2D eigenvalue weighted by molar-refractivity contribution is -0.894. The smallest absolute Gasteiger partial charge is 0.389 e. The third-order valence-corrected chi connectivity index (χ3v) is 3.50. The monoisotopic (exact) mass is 329 g/mol. The molecule has 0 spiro atoms. The van der Waals surface area contributed by atoms with E-state index in [2.05, 4.69) is 20.8 Å². The third kappa shape index (κ3) is 10.3. The predicted octanol–water partition coefficient (Wildman–Crippen LogP) is 1.40. The van der Waals surface area contributed by atoms with Crippen LogP contribution in [0.4, 0.5) is 22.0 Å². The molecule has 10 heteroatoms. The molecule has 0 aromatic carbocycles. The molecule has 0 saturated heterocycles. The molecule has 0 aromatic heterocycles. The topological polar surface area (TPSA) is 61.6 Å². The van der Waals surface area contributed by atoms with Gasteiger partial charge in [-0.15, -0.1) is 0 Å². The van der Waals surface area contributed by atoms with Gasteiger partial charge in [-0.3, -0.25) is 0 Å². The number of halogens is 5. The Hall–Kier alpha value is -0.480. The van der Waals surface area contributed by atoms with E-state index in [1.807, 2.05) is 0 Å². The van der Waals surface area contributed by atoms with E-state index in [9.17, 15) is 34.9 Å².